The first-order valence-corrected chi connectivity index (χ1v) is 8.20. The van der Waals surface area contributed by atoms with Gasteiger partial charge in [-0.1, -0.05) is 6.07 Å². The molecule has 5 nitrogen and oxygen atoms in total. The van der Waals surface area contributed by atoms with Gasteiger partial charge >= 0.3 is 0 Å². The molecule has 1 aromatic carbocycles. The van der Waals surface area contributed by atoms with Crippen LogP contribution < -0.4 is 10.1 Å². The third kappa shape index (κ3) is 3.57. The number of nitrogens with zero attached hydrogens (tertiary/aromatic N) is 3. The minimum absolute atomic E-state index is 0.229. The third-order valence-electron chi connectivity index (χ3n) is 4.24. The van der Waals surface area contributed by atoms with Crippen molar-refractivity contribution < 1.29 is 13.5 Å². The molecule has 2 heterocycles. The Balaban J connectivity index is 1.78. The van der Waals surface area contributed by atoms with E-state index in [1.807, 2.05) is 26.0 Å². The predicted octanol–water partition coefficient (Wildman–Crippen LogP) is 3.46. The highest BCUT2D eigenvalue weighted by Crippen LogP contribution is 2.21. The van der Waals surface area contributed by atoms with Gasteiger partial charge in [-0.15, -0.1) is 0 Å². The van der Waals surface area contributed by atoms with E-state index in [1.165, 1.54) is 16.8 Å². The molecule has 136 valence electrons. The van der Waals surface area contributed by atoms with Crippen LogP contribution in [0.4, 0.5) is 8.78 Å². The largest absolute Gasteiger partial charge is 0.481 e. The van der Waals surface area contributed by atoms with Crippen LogP contribution >= 0.6 is 0 Å². The van der Waals surface area contributed by atoms with Crippen LogP contribution in [0.3, 0.4) is 0 Å². The van der Waals surface area contributed by atoms with Crippen LogP contribution in [0.5, 0.6) is 5.88 Å². The SMILES string of the molecule is COc1ncccc1CNCc1c(C)nn(-c2ccc(F)cc2F)c1C. The van der Waals surface area contributed by atoms with Gasteiger partial charge in [-0.05, 0) is 32.0 Å². The number of nitrogens with one attached hydrogen (secondary N) is 1. The fraction of sp³-hybridized carbons (Fsp3) is 0.263. The van der Waals surface area contributed by atoms with E-state index in [2.05, 4.69) is 15.4 Å². The molecule has 0 aliphatic rings. The van der Waals surface area contributed by atoms with Gasteiger partial charge in [-0.25, -0.2) is 18.4 Å². The van der Waals surface area contributed by atoms with E-state index in [4.69, 9.17) is 4.74 Å². The van der Waals surface area contributed by atoms with Crippen molar-refractivity contribution in [3.8, 4) is 11.6 Å². The summed E-state index contributed by atoms with van der Waals surface area (Å²) in [4.78, 5) is 4.17. The minimum atomic E-state index is -0.643. The fourth-order valence-electron chi connectivity index (χ4n) is 2.88. The first-order valence-electron chi connectivity index (χ1n) is 8.20. The Morgan fingerprint density at radius 1 is 1.15 bits per heavy atom. The average molecular weight is 358 g/mol. The summed E-state index contributed by atoms with van der Waals surface area (Å²) in [7, 11) is 1.58. The topological polar surface area (TPSA) is 52.0 Å². The number of benzene rings is 1. The van der Waals surface area contributed by atoms with Gasteiger partial charge in [0.25, 0.3) is 0 Å². The molecular weight excluding hydrogens is 338 g/mol. The summed E-state index contributed by atoms with van der Waals surface area (Å²) in [6, 6.07) is 7.27. The molecule has 0 bridgehead atoms. The number of aryl methyl sites for hydroxylation is 1. The summed E-state index contributed by atoms with van der Waals surface area (Å²) >= 11 is 0. The molecule has 2 aromatic heterocycles. The first kappa shape index (κ1) is 18.0. The molecule has 0 amide bonds. The molecule has 0 aliphatic heterocycles. The number of aromatic nitrogens is 3. The van der Waals surface area contributed by atoms with Gasteiger partial charge in [-0.2, -0.15) is 5.10 Å². The molecule has 3 aromatic rings. The molecule has 0 saturated heterocycles. The molecule has 1 N–H and O–H groups in total. The molecule has 3 rings (SSSR count). The average Bonchev–Trinajstić information content (AvgIpc) is 2.90. The van der Waals surface area contributed by atoms with E-state index in [9.17, 15) is 8.78 Å². The maximum absolute atomic E-state index is 14.1. The zero-order valence-electron chi connectivity index (χ0n) is 14.9. The lowest BCUT2D eigenvalue weighted by Gasteiger charge is -2.09. The summed E-state index contributed by atoms with van der Waals surface area (Å²) in [5.74, 6) is -0.673. The first-order chi connectivity index (χ1) is 12.5. The van der Waals surface area contributed by atoms with E-state index in [-0.39, 0.29) is 5.69 Å². The van der Waals surface area contributed by atoms with Crippen LogP contribution in [0.2, 0.25) is 0 Å². The van der Waals surface area contributed by atoms with Gasteiger partial charge in [0.05, 0.1) is 12.8 Å². The monoisotopic (exact) mass is 358 g/mol. The van der Waals surface area contributed by atoms with E-state index < -0.39 is 11.6 Å². The molecule has 0 saturated carbocycles. The summed E-state index contributed by atoms with van der Waals surface area (Å²) in [6.07, 6.45) is 1.68. The fourth-order valence-corrected chi connectivity index (χ4v) is 2.88. The molecule has 0 unspecified atom stereocenters. The number of ether oxygens (including phenoxy) is 1. The van der Waals surface area contributed by atoms with Crippen molar-refractivity contribution in [1.29, 1.82) is 0 Å². The van der Waals surface area contributed by atoms with Gasteiger partial charge in [0, 0.05) is 42.2 Å². The van der Waals surface area contributed by atoms with E-state index in [1.54, 1.807) is 13.3 Å². The number of halogens is 2. The van der Waals surface area contributed by atoms with Gasteiger partial charge in [0.2, 0.25) is 5.88 Å². The summed E-state index contributed by atoms with van der Waals surface area (Å²) in [5.41, 5.74) is 3.74. The van der Waals surface area contributed by atoms with Gasteiger partial charge < -0.3 is 10.1 Å². The lowest BCUT2D eigenvalue weighted by Crippen LogP contribution is -2.15. The molecule has 0 atom stereocenters. The van der Waals surface area contributed by atoms with Gasteiger partial charge in [0.15, 0.2) is 5.82 Å². The van der Waals surface area contributed by atoms with Crippen molar-refractivity contribution in [2.75, 3.05) is 7.11 Å². The van der Waals surface area contributed by atoms with E-state index in [0.29, 0.717) is 19.0 Å². The number of hydrogen-bond donors (Lipinski definition) is 1. The number of hydrogen-bond acceptors (Lipinski definition) is 4. The van der Waals surface area contributed by atoms with Gasteiger partial charge in [-0.3, -0.25) is 0 Å². The van der Waals surface area contributed by atoms with Crippen LogP contribution in [-0.4, -0.2) is 21.9 Å². The number of rotatable bonds is 6. The third-order valence-corrected chi connectivity index (χ3v) is 4.24. The molecule has 0 aliphatic carbocycles. The Hall–Kier alpha value is -2.80. The summed E-state index contributed by atoms with van der Waals surface area (Å²) in [6.45, 7) is 4.86. The minimum Gasteiger partial charge on any atom is -0.481 e. The smallest absolute Gasteiger partial charge is 0.217 e. The Bertz CT molecular complexity index is 924. The lowest BCUT2D eigenvalue weighted by molar-refractivity contribution is 0.390. The van der Waals surface area contributed by atoms with Crippen molar-refractivity contribution in [1.82, 2.24) is 20.1 Å². The van der Waals surface area contributed by atoms with E-state index in [0.717, 1.165) is 28.6 Å². The van der Waals surface area contributed by atoms with Crippen LogP contribution in [0, 0.1) is 25.5 Å². The highest BCUT2D eigenvalue weighted by Gasteiger charge is 2.15. The lowest BCUT2D eigenvalue weighted by atomic mass is 10.2. The highest BCUT2D eigenvalue weighted by molar-refractivity contribution is 5.38. The molecule has 0 spiro atoms. The van der Waals surface area contributed by atoms with Crippen LogP contribution in [0.1, 0.15) is 22.5 Å². The van der Waals surface area contributed by atoms with Crippen molar-refractivity contribution >= 4 is 0 Å². The van der Waals surface area contributed by atoms with Gasteiger partial charge in [0.1, 0.15) is 11.5 Å². The maximum Gasteiger partial charge on any atom is 0.217 e. The zero-order chi connectivity index (χ0) is 18.7. The highest BCUT2D eigenvalue weighted by atomic mass is 19.1. The number of pyridine rings is 1. The Labute approximate surface area is 150 Å². The maximum atomic E-state index is 14.1. The Morgan fingerprint density at radius 2 is 1.96 bits per heavy atom. The summed E-state index contributed by atoms with van der Waals surface area (Å²) < 4.78 is 34.0. The van der Waals surface area contributed by atoms with Crippen LogP contribution in [0.25, 0.3) is 5.69 Å². The Kier molecular flexibility index (Phi) is 5.27. The molecule has 0 radical (unpaired) electrons. The summed E-state index contributed by atoms with van der Waals surface area (Å²) in [5, 5.41) is 7.74. The standard InChI is InChI=1S/C19H20F2N4O/c1-12-16(11-22-10-14-5-4-8-23-19(14)26-3)13(2)25(24-12)18-7-6-15(20)9-17(18)21/h4-9,22H,10-11H2,1-3H3. The van der Waals surface area contributed by atoms with Crippen LogP contribution in [-0.2, 0) is 13.1 Å². The van der Waals surface area contributed by atoms with Crippen molar-refractivity contribution in [3.05, 3.63) is 70.7 Å². The second kappa shape index (κ2) is 7.61. The van der Waals surface area contributed by atoms with Crippen molar-refractivity contribution in [2.24, 2.45) is 0 Å². The predicted molar refractivity (Wildman–Crippen MR) is 94.3 cm³/mol. The van der Waals surface area contributed by atoms with Crippen molar-refractivity contribution in [2.45, 2.75) is 26.9 Å². The normalized spacial score (nSPS) is 11.0. The molecule has 7 heteroatoms. The second-order valence-corrected chi connectivity index (χ2v) is 5.93. The quantitative estimate of drug-likeness (QED) is 0.733. The van der Waals surface area contributed by atoms with E-state index >= 15 is 0 Å². The molecule has 26 heavy (non-hydrogen) atoms. The molecule has 0 fully saturated rings. The zero-order valence-corrected chi connectivity index (χ0v) is 14.9. The number of methoxy groups -OCH3 is 1. The Morgan fingerprint density at radius 3 is 2.69 bits per heavy atom. The van der Waals surface area contributed by atoms with Crippen LogP contribution in [0.15, 0.2) is 36.5 Å². The second-order valence-electron chi connectivity index (χ2n) is 5.93. The van der Waals surface area contributed by atoms with Crippen molar-refractivity contribution in [3.63, 3.8) is 0 Å². The molecular formula is C19H20F2N4O.